The highest BCUT2D eigenvalue weighted by Gasteiger charge is 2.45. The van der Waals surface area contributed by atoms with E-state index in [0.717, 1.165) is 19.3 Å². The predicted molar refractivity (Wildman–Crippen MR) is 63.0 cm³/mol. The van der Waals surface area contributed by atoms with Gasteiger partial charge in [0.05, 0.1) is 11.7 Å². The summed E-state index contributed by atoms with van der Waals surface area (Å²) in [4.78, 5) is 14.1. The van der Waals surface area contributed by atoms with Gasteiger partial charge in [0.1, 0.15) is 5.41 Å². The first-order chi connectivity index (χ1) is 7.99. The maximum Gasteiger partial charge on any atom is 0.243 e. The summed E-state index contributed by atoms with van der Waals surface area (Å²) < 4.78 is 0. The Morgan fingerprint density at radius 2 is 1.94 bits per heavy atom. The predicted octanol–water partition coefficient (Wildman–Crippen LogP) is 1.44. The topological polar surface area (TPSA) is 64.3 Å². The number of carbonyl (C=O) groups excluding carboxylic acids is 1. The van der Waals surface area contributed by atoms with E-state index >= 15 is 0 Å². The van der Waals surface area contributed by atoms with Crippen LogP contribution in [0.25, 0.3) is 0 Å². The van der Waals surface area contributed by atoms with Gasteiger partial charge in [0.25, 0.3) is 0 Å². The monoisotopic (exact) mass is 236 g/mol. The molecule has 2 aliphatic rings. The summed E-state index contributed by atoms with van der Waals surface area (Å²) in [5.41, 5.74) is -1.58. The third-order valence-corrected chi connectivity index (χ3v) is 4.07. The largest absolute Gasteiger partial charge is 0.388 e. The summed E-state index contributed by atoms with van der Waals surface area (Å²) >= 11 is 0. The first-order valence-electron chi connectivity index (χ1n) is 6.42. The molecule has 4 heteroatoms. The summed E-state index contributed by atoms with van der Waals surface area (Å²) in [5.74, 6) is -0.0579. The zero-order chi connectivity index (χ0) is 12.5. The summed E-state index contributed by atoms with van der Waals surface area (Å²) in [7, 11) is 0. The zero-order valence-electron chi connectivity index (χ0n) is 10.4. The van der Waals surface area contributed by atoms with Gasteiger partial charge in [-0.2, -0.15) is 5.26 Å². The van der Waals surface area contributed by atoms with Crippen molar-refractivity contribution in [3.63, 3.8) is 0 Å². The van der Waals surface area contributed by atoms with Gasteiger partial charge in [0.2, 0.25) is 5.91 Å². The molecule has 1 saturated heterocycles. The number of likely N-dealkylation sites (tertiary alicyclic amines) is 1. The van der Waals surface area contributed by atoms with Crippen LogP contribution in [0.5, 0.6) is 0 Å². The van der Waals surface area contributed by atoms with Gasteiger partial charge >= 0.3 is 0 Å². The fourth-order valence-electron chi connectivity index (χ4n) is 2.95. The minimum absolute atomic E-state index is 0.0579. The van der Waals surface area contributed by atoms with Crippen LogP contribution < -0.4 is 0 Å². The molecule has 0 bridgehead atoms. The number of hydrogen-bond donors (Lipinski definition) is 1. The molecule has 0 aromatic rings. The highest BCUT2D eigenvalue weighted by Crippen LogP contribution is 2.38. The van der Waals surface area contributed by atoms with E-state index in [4.69, 9.17) is 0 Å². The molecule has 1 saturated carbocycles. The fourth-order valence-corrected chi connectivity index (χ4v) is 2.95. The molecule has 1 aliphatic carbocycles. The number of aliphatic hydroxyl groups is 1. The Labute approximate surface area is 102 Å². The van der Waals surface area contributed by atoms with Crippen LogP contribution in [0.15, 0.2) is 0 Å². The van der Waals surface area contributed by atoms with E-state index in [0.29, 0.717) is 32.4 Å². The lowest BCUT2D eigenvalue weighted by molar-refractivity contribution is -0.140. The Balaban J connectivity index is 2.11. The minimum Gasteiger partial charge on any atom is -0.388 e. The molecule has 4 nitrogen and oxygen atoms in total. The fraction of sp³-hybridized carbons (Fsp3) is 0.846. The van der Waals surface area contributed by atoms with Gasteiger partial charge in [-0.1, -0.05) is 19.3 Å². The van der Waals surface area contributed by atoms with Gasteiger partial charge in [0, 0.05) is 13.1 Å². The molecule has 1 aliphatic heterocycles. The summed E-state index contributed by atoms with van der Waals surface area (Å²) in [6.07, 6.45) is 5.02. The van der Waals surface area contributed by atoms with Crippen molar-refractivity contribution in [2.24, 2.45) is 5.41 Å². The molecule has 94 valence electrons. The van der Waals surface area contributed by atoms with Crippen molar-refractivity contribution < 1.29 is 9.90 Å². The van der Waals surface area contributed by atoms with Crippen molar-refractivity contribution in [2.75, 3.05) is 13.1 Å². The quantitative estimate of drug-likeness (QED) is 0.749. The average Bonchev–Trinajstić information content (AvgIpc) is 2.69. The molecule has 0 radical (unpaired) electrons. The van der Waals surface area contributed by atoms with E-state index in [1.54, 1.807) is 11.8 Å². The van der Waals surface area contributed by atoms with E-state index in [1.165, 1.54) is 0 Å². The number of β-amino-alcohol motifs (C(OH)–C–C–N with tert-alkyl or cyclic N) is 1. The third kappa shape index (κ3) is 2.30. The second kappa shape index (κ2) is 4.30. The molecule has 0 aromatic heterocycles. The highest BCUT2D eigenvalue weighted by molar-refractivity contribution is 5.86. The van der Waals surface area contributed by atoms with E-state index in [9.17, 15) is 15.2 Å². The first kappa shape index (κ1) is 12.4. The molecule has 1 atom stereocenters. The van der Waals surface area contributed by atoms with E-state index in [1.807, 2.05) is 0 Å². The highest BCUT2D eigenvalue weighted by atomic mass is 16.3. The molecule has 1 N–H and O–H groups in total. The third-order valence-electron chi connectivity index (χ3n) is 4.07. The smallest absolute Gasteiger partial charge is 0.243 e. The Morgan fingerprint density at radius 3 is 2.41 bits per heavy atom. The van der Waals surface area contributed by atoms with E-state index in [2.05, 4.69) is 6.07 Å². The van der Waals surface area contributed by atoms with Crippen molar-refractivity contribution in [3.05, 3.63) is 0 Å². The molecule has 0 spiro atoms. The number of carbonyl (C=O) groups is 1. The number of hydrogen-bond acceptors (Lipinski definition) is 3. The Bertz CT molecular complexity index is 351. The summed E-state index contributed by atoms with van der Waals surface area (Å²) in [6.45, 7) is 2.70. The zero-order valence-corrected chi connectivity index (χ0v) is 10.4. The van der Waals surface area contributed by atoms with Crippen LogP contribution in [-0.2, 0) is 4.79 Å². The Kier molecular flexibility index (Phi) is 3.13. The molecule has 2 rings (SSSR count). The Morgan fingerprint density at radius 1 is 1.29 bits per heavy atom. The van der Waals surface area contributed by atoms with Crippen LogP contribution in [0, 0.1) is 16.7 Å². The van der Waals surface area contributed by atoms with E-state index < -0.39 is 11.0 Å². The summed E-state index contributed by atoms with van der Waals surface area (Å²) in [5, 5.41) is 19.2. The number of amides is 1. The van der Waals surface area contributed by atoms with Crippen molar-refractivity contribution in [3.8, 4) is 6.07 Å². The molecule has 1 heterocycles. The van der Waals surface area contributed by atoms with Gasteiger partial charge < -0.3 is 10.0 Å². The summed E-state index contributed by atoms with van der Waals surface area (Å²) in [6, 6.07) is 2.25. The van der Waals surface area contributed by atoms with Gasteiger partial charge in [-0.3, -0.25) is 4.79 Å². The lowest BCUT2D eigenvalue weighted by Crippen LogP contribution is -2.44. The van der Waals surface area contributed by atoms with Crippen LogP contribution in [0.2, 0.25) is 0 Å². The van der Waals surface area contributed by atoms with Crippen LogP contribution in [-0.4, -0.2) is 34.6 Å². The standard InChI is InChI=1S/C13H20N2O2/c1-12(17)7-8-15(10-12)11(16)13(9-14)5-3-2-4-6-13/h17H,2-8,10H2,1H3. The Hall–Kier alpha value is -1.08. The molecule has 0 aromatic carbocycles. The van der Waals surface area contributed by atoms with Gasteiger partial charge in [-0.05, 0) is 26.2 Å². The molecule has 17 heavy (non-hydrogen) atoms. The van der Waals surface area contributed by atoms with Crippen molar-refractivity contribution in [2.45, 2.75) is 51.0 Å². The second-order valence-electron chi connectivity index (χ2n) is 5.73. The maximum atomic E-state index is 12.4. The molecular weight excluding hydrogens is 216 g/mol. The van der Waals surface area contributed by atoms with Gasteiger partial charge in [0.15, 0.2) is 0 Å². The maximum absolute atomic E-state index is 12.4. The van der Waals surface area contributed by atoms with Crippen molar-refractivity contribution in [1.29, 1.82) is 5.26 Å². The van der Waals surface area contributed by atoms with Crippen LogP contribution in [0.4, 0.5) is 0 Å². The molecule has 1 amide bonds. The van der Waals surface area contributed by atoms with Crippen LogP contribution in [0.1, 0.15) is 45.4 Å². The van der Waals surface area contributed by atoms with Crippen LogP contribution in [0.3, 0.4) is 0 Å². The van der Waals surface area contributed by atoms with Gasteiger partial charge in [-0.15, -0.1) is 0 Å². The molecular formula is C13H20N2O2. The molecule has 2 fully saturated rings. The number of nitrogens with zero attached hydrogens (tertiary/aromatic N) is 2. The first-order valence-corrected chi connectivity index (χ1v) is 6.42. The van der Waals surface area contributed by atoms with Crippen molar-refractivity contribution >= 4 is 5.91 Å². The lowest BCUT2D eigenvalue weighted by atomic mass is 9.74. The number of nitriles is 1. The van der Waals surface area contributed by atoms with E-state index in [-0.39, 0.29) is 5.91 Å². The number of rotatable bonds is 1. The SMILES string of the molecule is CC1(O)CCN(C(=O)C2(C#N)CCCCC2)C1. The van der Waals surface area contributed by atoms with Gasteiger partial charge in [-0.25, -0.2) is 0 Å². The lowest BCUT2D eigenvalue weighted by Gasteiger charge is -2.33. The van der Waals surface area contributed by atoms with Crippen molar-refractivity contribution in [1.82, 2.24) is 4.90 Å². The minimum atomic E-state index is -0.807. The average molecular weight is 236 g/mol. The second-order valence-corrected chi connectivity index (χ2v) is 5.73. The van der Waals surface area contributed by atoms with Crippen LogP contribution >= 0.6 is 0 Å². The normalized spacial score (nSPS) is 32.2. The molecule has 1 unspecified atom stereocenters.